The average Bonchev–Trinajstić information content (AvgIpc) is 2.87. The fourth-order valence-electron chi connectivity index (χ4n) is 2.48. The van der Waals surface area contributed by atoms with Crippen LogP contribution in [0.1, 0.15) is 18.9 Å². The normalized spacial score (nSPS) is 17.9. The van der Waals surface area contributed by atoms with E-state index in [0.717, 1.165) is 5.56 Å². The van der Waals surface area contributed by atoms with Crippen LogP contribution in [-0.2, 0) is 20.7 Å². The Hall–Kier alpha value is -2.44. The van der Waals surface area contributed by atoms with Crippen LogP contribution in [-0.4, -0.2) is 30.5 Å². The molecule has 0 aromatic heterocycles. The molecule has 112 valence electrons. The van der Waals surface area contributed by atoms with Crippen molar-refractivity contribution in [3.8, 4) is 0 Å². The summed E-state index contributed by atoms with van der Waals surface area (Å²) in [5.41, 5.74) is 1.26. The predicted molar refractivity (Wildman–Crippen MR) is 75.0 cm³/mol. The Kier molecular flexibility index (Phi) is 4.21. The number of carbonyl (C=O) groups excluding carboxylic acids is 2. The van der Waals surface area contributed by atoms with Gasteiger partial charge in [-0.2, -0.15) is 0 Å². The molecule has 7 nitrogen and oxygen atoms in total. The molecule has 1 unspecified atom stereocenters. The lowest BCUT2D eigenvalue weighted by molar-refractivity contribution is -0.384. The van der Waals surface area contributed by atoms with Crippen molar-refractivity contribution in [1.82, 2.24) is 0 Å². The van der Waals surface area contributed by atoms with Crippen molar-refractivity contribution < 1.29 is 19.2 Å². The summed E-state index contributed by atoms with van der Waals surface area (Å²) in [6.07, 6.45) is 0.707. The highest BCUT2D eigenvalue weighted by molar-refractivity contribution is 6.00. The third kappa shape index (κ3) is 2.86. The van der Waals surface area contributed by atoms with Gasteiger partial charge in [0.05, 0.1) is 23.6 Å². The molecule has 1 saturated heterocycles. The van der Waals surface area contributed by atoms with Gasteiger partial charge in [-0.3, -0.25) is 19.7 Å². The van der Waals surface area contributed by atoms with Crippen molar-refractivity contribution in [2.75, 3.05) is 18.6 Å². The summed E-state index contributed by atoms with van der Waals surface area (Å²) in [6.45, 7) is 2.10. The molecule has 1 aliphatic rings. The molecule has 0 saturated carbocycles. The molecule has 0 bridgehead atoms. The van der Waals surface area contributed by atoms with Crippen LogP contribution in [0, 0.1) is 16.0 Å². The highest BCUT2D eigenvalue weighted by Crippen LogP contribution is 2.32. The van der Waals surface area contributed by atoms with Gasteiger partial charge < -0.3 is 9.64 Å². The van der Waals surface area contributed by atoms with E-state index in [-0.39, 0.29) is 24.6 Å². The molecule has 1 atom stereocenters. The first-order valence-electron chi connectivity index (χ1n) is 6.63. The van der Waals surface area contributed by atoms with Crippen molar-refractivity contribution >= 4 is 23.3 Å². The fourth-order valence-corrected chi connectivity index (χ4v) is 2.48. The van der Waals surface area contributed by atoms with Gasteiger partial charge in [0.2, 0.25) is 5.91 Å². The summed E-state index contributed by atoms with van der Waals surface area (Å²) in [5, 5.41) is 10.9. The predicted octanol–water partition coefficient (Wildman–Crippen LogP) is 1.68. The monoisotopic (exact) mass is 292 g/mol. The first-order chi connectivity index (χ1) is 9.97. The van der Waals surface area contributed by atoms with Crippen LogP contribution >= 0.6 is 0 Å². The van der Waals surface area contributed by atoms with Gasteiger partial charge in [0, 0.05) is 25.1 Å². The molecule has 2 rings (SSSR count). The number of amides is 1. The summed E-state index contributed by atoms with van der Waals surface area (Å²) in [5.74, 6) is -1.18. The maximum absolute atomic E-state index is 12.1. The molecule has 1 aliphatic heterocycles. The lowest BCUT2D eigenvalue weighted by atomic mass is 10.1. The molecule has 1 aromatic carbocycles. The van der Waals surface area contributed by atoms with Gasteiger partial charge in [0.15, 0.2) is 0 Å². The zero-order valence-electron chi connectivity index (χ0n) is 11.9. The van der Waals surface area contributed by atoms with E-state index in [1.165, 1.54) is 24.1 Å². The van der Waals surface area contributed by atoms with E-state index in [1.807, 2.05) is 6.92 Å². The first kappa shape index (κ1) is 15.0. The minimum Gasteiger partial charge on any atom is -0.469 e. The molecule has 7 heteroatoms. The number of rotatable bonds is 4. The number of carbonyl (C=O) groups is 2. The van der Waals surface area contributed by atoms with Crippen molar-refractivity contribution in [1.29, 1.82) is 0 Å². The second-order valence-corrected chi connectivity index (χ2v) is 4.85. The summed E-state index contributed by atoms with van der Waals surface area (Å²) in [4.78, 5) is 35.5. The zero-order valence-corrected chi connectivity index (χ0v) is 11.9. The molecular formula is C14H16N2O5. The lowest BCUT2D eigenvalue weighted by Gasteiger charge is -2.19. The second-order valence-electron chi connectivity index (χ2n) is 4.85. The number of esters is 1. The topological polar surface area (TPSA) is 89.8 Å². The van der Waals surface area contributed by atoms with E-state index >= 15 is 0 Å². The smallest absolute Gasteiger partial charge is 0.311 e. The molecule has 0 radical (unpaired) electrons. The standard InChI is InChI=1S/C14H16N2O5/c1-3-9-4-5-11(16(19)20)7-12(9)15-8-10(6-13(15)17)14(18)21-2/h4-5,7,10H,3,6,8H2,1-2H3. The third-order valence-corrected chi connectivity index (χ3v) is 3.61. The third-order valence-electron chi connectivity index (χ3n) is 3.61. The van der Waals surface area contributed by atoms with Crippen molar-refractivity contribution in [3.05, 3.63) is 33.9 Å². The van der Waals surface area contributed by atoms with E-state index in [1.54, 1.807) is 6.07 Å². The van der Waals surface area contributed by atoms with Crippen LogP contribution in [0.5, 0.6) is 0 Å². The fraction of sp³-hybridized carbons (Fsp3) is 0.429. The number of hydrogen-bond donors (Lipinski definition) is 0. The SMILES string of the molecule is CCc1ccc([N+](=O)[O-])cc1N1CC(C(=O)OC)CC1=O. The summed E-state index contributed by atoms with van der Waals surface area (Å²) >= 11 is 0. The zero-order chi connectivity index (χ0) is 15.6. The van der Waals surface area contributed by atoms with Crippen LogP contribution in [0.15, 0.2) is 18.2 Å². The van der Waals surface area contributed by atoms with Gasteiger partial charge in [-0.25, -0.2) is 0 Å². The van der Waals surface area contributed by atoms with Gasteiger partial charge in [-0.1, -0.05) is 13.0 Å². The minimum absolute atomic E-state index is 0.0680. The number of aryl methyl sites for hydroxylation is 1. The Morgan fingerprint density at radius 2 is 2.24 bits per heavy atom. The van der Waals surface area contributed by atoms with E-state index in [9.17, 15) is 19.7 Å². The number of nitro groups is 1. The molecule has 1 heterocycles. The molecule has 1 aromatic rings. The van der Waals surface area contributed by atoms with Gasteiger partial charge in [0.1, 0.15) is 0 Å². The van der Waals surface area contributed by atoms with Crippen LogP contribution < -0.4 is 4.90 Å². The Labute approximate surface area is 121 Å². The highest BCUT2D eigenvalue weighted by atomic mass is 16.6. The first-order valence-corrected chi connectivity index (χ1v) is 6.63. The maximum atomic E-state index is 12.1. The number of nitrogens with zero attached hydrogens (tertiary/aromatic N) is 2. The number of hydrogen-bond acceptors (Lipinski definition) is 5. The van der Waals surface area contributed by atoms with Crippen LogP contribution in [0.2, 0.25) is 0 Å². The molecule has 21 heavy (non-hydrogen) atoms. The Balaban J connectivity index is 2.36. The largest absolute Gasteiger partial charge is 0.469 e. The Morgan fingerprint density at radius 1 is 1.52 bits per heavy atom. The minimum atomic E-state index is -0.522. The lowest BCUT2D eigenvalue weighted by Crippen LogP contribution is -2.27. The van der Waals surface area contributed by atoms with Crippen molar-refractivity contribution in [2.45, 2.75) is 19.8 Å². The highest BCUT2D eigenvalue weighted by Gasteiger charge is 2.36. The number of nitro benzene ring substituents is 1. The van der Waals surface area contributed by atoms with Crippen molar-refractivity contribution in [2.24, 2.45) is 5.92 Å². The van der Waals surface area contributed by atoms with E-state index in [0.29, 0.717) is 12.1 Å². The van der Waals surface area contributed by atoms with E-state index in [4.69, 9.17) is 0 Å². The van der Waals surface area contributed by atoms with Gasteiger partial charge >= 0.3 is 5.97 Å². The van der Waals surface area contributed by atoms with Gasteiger partial charge in [-0.05, 0) is 12.0 Å². The van der Waals surface area contributed by atoms with Crippen LogP contribution in [0.4, 0.5) is 11.4 Å². The molecule has 0 spiro atoms. The number of benzene rings is 1. The van der Waals surface area contributed by atoms with Crippen LogP contribution in [0.25, 0.3) is 0 Å². The molecule has 0 N–H and O–H groups in total. The molecule has 0 aliphatic carbocycles. The summed E-state index contributed by atoms with van der Waals surface area (Å²) in [7, 11) is 1.28. The number of anilines is 1. The average molecular weight is 292 g/mol. The van der Waals surface area contributed by atoms with Crippen LogP contribution in [0.3, 0.4) is 0 Å². The molecule has 1 amide bonds. The number of non-ortho nitro benzene ring substituents is 1. The number of ether oxygens (including phenoxy) is 1. The summed E-state index contributed by atoms with van der Waals surface area (Å²) in [6, 6.07) is 4.45. The molecular weight excluding hydrogens is 276 g/mol. The van der Waals surface area contributed by atoms with Gasteiger partial charge in [-0.15, -0.1) is 0 Å². The Bertz CT molecular complexity index is 599. The quantitative estimate of drug-likeness (QED) is 0.478. The number of methoxy groups -OCH3 is 1. The second kappa shape index (κ2) is 5.90. The van der Waals surface area contributed by atoms with Crippen molar-refractivity contribution in [3.63, 3.8) is 0 Å². The molecule has 1 fully saturated rings. The summed E-state index contributed by atoms with van der Waals surface area (Å²) < 4.78 is 4.66. The Morgan fingerprint density at radius 3 is 2.81 bits per heavy atom. The van der Waals surface area contributed by atoms with E-state index in [2.05, 4.69) is 4.74 Å². The van der Waals surface area contributed by atoms with Gasteiger partial charge in [0.25, 0.3) is 5.69 Å². The van der Waals surface area contributed by atoms with E-state index < -0.39 is 16.8 Å². The maximum Gasteiger partial charge on any atom is 0.311 e.